The smallest absolute Gasteiger partial charge is 0.244 e. The molecule has 0 saturated heterocycles. The molecule has 0 saturated carbocycles. The number of benzene rings is 2. The number of carbonyl (C=O) groups is 1. The van der Waals surface area contributed by atoms with E-state index >= 15 is 0 Å². The molecule has 6 heteroatoms. The Bertz CT molecular complexity index is 958. The monoisotopic (exact) mass is 380 g/mol. The molecule has 3 aromatic rings. The minimum Gasteiger partial charge on any atom is -0.453 e. The Balaban J connectivity index is 1.51. The number of hydrogen-bond donors (Lipinski definition) is 1. The Morgan fingerprint density at radius 2 is 1.93 bits per heavy atom. The van der Waals surface area contributed by atoms with Crippen molar-refractivity contribution in [2.45, 2.75) is 6.42 Å². The van der Waals surface area contributed by atoms with Crippen LogP contribution in [0.5, 0.6) is 11.5 Å². The second-order valence-electron chi connectivity index (χ2n) is 5.98. The van der Waals surface area contributed by atoms with Crippen LogP contribution in [-0.4, -0.2) is 17.4 Å². The predicted molar refractivity (Wildman–Crippen MR) is 103 cm³/mol. The molecular formula is C22H18F2N2O2. The first-order chi connectivity index (χ1) is 13.6. The van der Waals surface area contributed by atoms with Crippen molar-refractivity contribution in [3.05, 3.63) is 95.8 Å². The van der Waals surface area contributed by atoms with Gasteiger partial charge in [-0.3, -0.25) is 9.78 Å². The van der Waals surface area contributed by atoms with Gasteiger partial charge in [0.15, 0.2) is 11.6 Å². The van der Waals surface area contributed by atoms with E-state index in [-0.39, 0.29) is 17.5 Å². The van der Waals surface area contributed by atoms with Gasteiger partial charge in [-0.15, -0.1) is 0 Å². The Hall–Kier alpha value is -3.54. The summed E-state index contributed by atoms with van der Waals surface area (Å²) in [5, 5.41) is 2.73. The number of rotatable bonds is 7. The molecule has 3 rings (SSSR count). The fraction of sp³-hybridized carbons (Fsp3) is 0.0909. The van der Waals surface area contributed by atoms with E-state index in [1.54, 1.807) is 36.5 Å². The fourth-order valence-electron chi connectivity index (χ4n) is 2.45. The van der Waals surface area contributed by atoms with Crippen LogP contribution < -0.4 is 10.1 Å². The van der Waals surface area contributed by atoms with Crippen molar-refractivity contribution >= 4 is 12.0 Å². The summed E-state index contributed by atoms with van der Waals surface area (Å²) in [4.78, 5) is 15.8. The fourth-order valence-corrected chi connectivity index (χ4v) is 2.45. The van der Waals surface area contributed by atoms with E-state index in [4.69, 9.17) is 4.74 Å². The van der Waals surface area contributed by atoms with Gasteiger partial charge in [0.1, 0.15) is 11.6 Å². The van der Waals surface area contributed by atoms with Crippen LogP contribution in [0.1, 0.15) is 11.1 Å². The Morgan fingerprint density at radius 3 is 2.64 bits per heavy atom. The Labute approximate surface area is 161 Å². The molecule has 0 fully saturated rings. The Kier molecular flexibility index (Phi) is 6.46. The first kappa shape index (κ1) is 19.2. The third kappa shape index (κ3) is 5.74. The molecule has 0 radical (unpaired) electrons. The van der Waals surface area contributed by atoms with Gasteiger partial charge in [0, 0.05) is 18.8 Å². The van der Waals surface area contributed by atoms with E-state index in [1.165, 1.54) is 42.6 Å². The first-order valence-corrected chi connectivity index (χ1v) is 8.68. The van der Waals surface area contributed by atoms with Gasteiger partial charge in [0.05, 0.1) is 6.20 Å². The summed E-state index contributed by atoms with van der Waals surface area (Å²) in [6.07, 6.45) is 6.53. The molecular weight excluding hydrogens is 362 g/mol. The Morgan fingerprint density at radius 1 is 1.11 bits per heavy atom. The van der Waals surface area contributed by atoms with E-state index in [2.05, 4.69) is 10.3 Å². The number of ether oxygens (including phenoxy) is 1. The van der Waals surface area contributed by atoms with E-state index in [9.17, 15) is 13.6 Å². The van der Waals surface area contributed by atoms with Crippen molar-refractivity contribution in [3.8, 4) is 11.5 Å². The third-order valence-electron chi connectivity index (χ3n) is 3.87. The normalized spacial score (nSPS) is 10.8. The minimum absolute atomic E-state index is 0.0777. The lowest BCUT2D eigenvalue weighted by Crippen LogP contribution is -2.23. The largest absolute Gasteiger partial charge is 0.453 e. The summed E-state index contributed by atoms with van der Waals surface area (Å²) in [5.74, 6) is -0.611. The summed E-state index contributed by atoms with van der Waals surface area (Å²) in [7, 11) is 0. The van der Waals surface area contributed by atoms with E-state index in [0.29, 0.717) is 24.3 Å². The van der Waals surface area contributed by atoms with Gasteiger partial charge in [0.2, 0.25) is 5.91 Å². The number of nitrogens with zero attached hydrogens (tertiary/aromatic N) is 1. The molecule has 28 heavy (non-hydrogen) atoms. The topological polar surface area (TPSA) is 51.2 Å². The third-order valence-corrected chi connectivity index (χ3v) is 3.87. The van der Waals surface area contributed by atoms with Gasteiger partial charge in [-0.2, -0.15) is 0 Å². The van der Waals surface area contributed by atoms with Crippen LogP contribution >= 0.6 is 0 Å². The molecule has 1 aromatic heterocycles. The van der Waals surface area contributed by atoms with Gasteiger partial charge in [0.25, 0.3) is 0 Å². The van der Waals surface area contributed by atoms with Crippen LogP contribution in [0.15, 0.2) is 73.1 Å². The molecule has 0 bridgehead atoms. The van der Waals surface area contributed by atoms with Crippen molar-refractivity contribution in [3.63, 3.8) is 0 Å². The maximum absolute atomic E-state index is 14.2. The zero-order valence-corrected chi connectivity index (χ0v) is 14.9. The molecule has 1 heterocycles. The summed E-state index contributed by atoms with van der Waals surface area (Å²) >= 11 is 0. The van der Waals surface area contributed by atoms with Crippen LogP contribution in [0, 0.1) is 11.6 Å². The summed E-state index contributed by atoms with van der Waals surface area (Å²) in [5.41, 5.74) is 1.46. The minimum atomic E-state index is -0.539. The summed E-state index contributed by atoms with van der Waals surface area (Å²) in [6.45, 7) is 0.418. The van der Waals surface area contributed by atoms with Gasteiger partial charge in [-0.25, -0.2) is 8.78 Å². The molecule has 0 atom stereocenters. The molecule has 1 N–H and O–H groups in total. The van der Waals surface area contributed by atoms with Crippen molar-refractivity contribution in [2.24, 2.45) is 0 Å². The number of pyridine rings is 1. The molecule has 2 aromatic carbocycles. The molecule has 0 aliphatic rings. The van der Waals surface area contributed by atoms with Gasteiger partial charge in [-0.1, -0.05) is 18.2 Å². The maximum Gasteiger partial charge on any atom is 0.244 e. The van der Waals surface area contributed by atoms with Crippen LogP contribution in [0.3, 0.4) is 0 Å². The van der Waals surface area contributed by atoms with Crippen molar-refractivity contribution in [2.75, 3.05) is 6.54 Å². The van der Waals surface area contributed by atoms with Gasteiger partial charge in [-0.05, 0) is 60.0 Å². The molecule has 4 nitrogen and oxygen atoms in total. The number of hydrogen-bond acceptors (Lipinski definition) is 3. The van der Waals surface area contributed by atoms with E-state index < -0.39 is 5.82 Å². The van der Waals surface area contributed by atoms with E-state index in [0.717, 1.165) is 5.56 Å². The summed E-state index contributed by atoms with van der Waals surface area (Å²) < 4.78 is 32.4. The SMILES string of the molecule is O=C(/C=C/c1ccc(Oc2cccnc2)c(F)c1)NCCc1ccc(F)cc1. The number of amides is 1. The quantitative estimate of drug-likeness (QED) is 0.613. The van der Waals surface area contributed by atoms with Crippen LogP contribution in [0.4, 0.5) is 8.78 Å². The lowest BCUT2D eigenvalue weighted by molar-refractivity contribution is -0.116. The lowest BCUT2D eigenvalue weighted by atomic mass is 10.1. The van der Waals surface area contributed by atoms with Crippen LogP contribution in [0.25, 0.3) is 6.08 Å². The van der Waals surface area contributed by atoms with Crippen molar-refractivity contribution in [1.29, 1.82) is 0 Å². The molecule has 0 unspecified atom stereocenters. The molecule has 0 aliphatic heterocycles. The first-order valence-electron chi connectivity index (χ1n) is 8.68. The second kappa shape index (κ2) is 9.41. The standard InChI is InChI=1S/C22H18F2N2O2/c23-18-7-3-16(4-8-18)11-13-26-22(27)10-6-17-5-9-21(20(24)14-17)28-19-2-1-12-25-15-19/h1-10,12,14-15H,11,13H2,(H,26,27)/b10-6+. The highest BCUT2D eigenvalue weighted by atomic mass is 19.1. The van der Waals surface area contributed by atoms with Crippen molar-refractivity contribution < 1.29 is 18.3 Å². The predicted octanol–water partition coefficient (Wildman–Crippen LogP) is 4.52. The highest BCUT2D eigenvalue weighted by Crippen LogP contribution is 2.24. The van der Waals surface area contributed by atoms with Crippen molar-refractivity contribution in [1.82, 2.24) is 10.3 Å². The zero-order chi connectivity index (χ0) is 19.8. The lowest BCUT2D eigenvalue weighted by Gasteiger charge is -2.06. The van der Waals surface area contributed by atoms with Gasteiger partial charge < -0.3 is 10.1 Å². The van der Waals surface area contributed by atoms with Crippen LogP contribution in [-0.2, 0) is 11.2 Å². The van der Waals surface area contributed by atoms with Crippen LogP contribution in [0.2, 0.25) is 0 Å². The average molecular weight is 380 g/mol. The summed E-state index contributed by atoms with van der Waals surface area (Å²) in [6, 6.07) is 13.9. The molecule has 0 aliphatic carbocycles. The highest BCUT2D eigenvalue weighted by Gasteiger charge is 2.05. The molecule has 0 spiro atoms. The molecule has 1 amide bonds. The zero-order valence-electron chi connectivity index (χ0n) is 14.9. The maximum atomic E-state index is 14.2. The average Bonchev–Trinajstić information content (AvgIpc) is 2.70. The van der Waals surface area contributed by atoms with E-state index in [1.807, 2.05) is 0 Å². The number of halogens is 2. The number of carbonyl (C=O) groups excluding carboxylic acids is 1. The molecule has 142 valence electrons. The highest BCUT2D eigenvalue weighted by molar-refractivity contribution is 5.91. The number of aromatic nitrogens is 1. The van der Waals surface area contributed by atoms with Gasteiger partial charge >= 0.3 is 0 Å². The second-order valence-corrected chi connectivity index (χ2v) is 5.98. The number of nitrogens with one attached hydrogen (secondary N) is 1.